The fourth-order valence-electron chi connectivity index (χ4n) is 3.78. The summed E-state index contributed by atoms with van der Waals surface area (Å²) < 4.78 is 24.9. The molecule has 3 aromatic heterocycles. The minimum atomic E-state index is -3.06. The van der Waals surface area contributed by atoms with E-state index in [0.29, 0.717) is 19.0 Å². The lowest BCUT2D eigenvalue weighted by Crippen LogP contribution is -2.37. The Bertz CT molecular complexity index is 1140. The summed E-state index contributed by atoms with van der Waals surface area (Å²) in [4.78, 5) is 14.7. The van der Waals surface area contributed by atoms with Gasteiger partial charge in [-0.2, -0.15) is 0 Å². The predicted octanol–water partition coefficient (Wildman–Crippen LogP) is 4.26. The first kappa shape index (κ1) is 21.9. The predicted molar refractivity (Wildman–Crippen MR) is 125 cm³/mol. The van der Waals surface area contributed by atoms with Gasteiger partial charge in [0, 0.05) is 25.5 Å². The smallest absolute Gasteiger partial charge is 0.211 e. The van der Waals surface area contributed by atoms with Crippen molar-refractivity contribution in [3.05, 3.63) is 53.3 Å². The van der Waals surface area contributed by atoms with Crippen molar-refractivity contribution in [1.29, 1.82) is 0 Å². The number of hydrogen-bond acceptors (Lipinski definition) is 7. The second kappa shape index (κ2) is 9.42. The van der Waals surface area contributed by atoms with Crippen LogP contribution in [-0.2, 0) is 16.4 Å². The summed E-state index contributed by atoms with van der Waals surface area (Å²) in [6.07, 6.45) is 8.77. The maximum atomic E-state index is 11.7. The van der Waals surface area contributed by atoms with Crippen molar-refractivity contribution in [2.45, 2.75) is 32.6 Å². The minimum absolute atomic E-state index is 0.554. The molecule has 164 valence electrons. The van der Waals surface area contributed by atoms with E-state index in [1.165, 1.54) is 6.26 Å². The average Bonchev–Trinajstić information content (AvgIpc) is 3.21. The highest BCUT2D eigenvalue weighted by Gasteiger charge is 2.24. The third-order valence-corrected chi connectivity index (χ3v) is 7.92. The number of nitrogens with zero attached hydrogens (tertiary/aromatic N) is 4. The Morgan fingerprint density at radius 2 is 1.97 bits per heavy atom. The van der Waals surface area contributed by atoms with Crippen LogP contribution in [0.3, 0.4) is 0 Å². The van der Waals surface area contributed by atoms with E-state index in [0.717, 1.165) is 58.5 Å². The number of sulfonamides is 1. The molecule has 9 heteroatoms. The van der Waals surface area contributed by atoms with E-state index in [4.69, 9.17) is 4.98 Å². The van der Waals surface area contributed by atoms with Crippen LogP contribution in [-0.4, -0.2) is 47.0 Å². The standard InChI is InChI=1S/C22H27N5O2S2/c1-16-8-11-23-21(14-16)26-20-5-3-4-18(25-20)19-15-24-22(30-19)7-6-17-9-12-27(13-10-17)31(2,28)29/h3-5,8,11,14-15,17H,6-7,9-10,12-13H2,1-2H3,(H,23,25,26). The fraction of sp³-hybridized carbons (Fsp3) is 0.409. The normalized spacial score (nSPS) is 15.8. The van der Waals surface area contributed by atoms with Crippen LogP contribution in [0.5, 0.6) is 0 Å². The second-order valence-corrected chi connectivity index (χ2v) is 11.1. The monoisotopic (exact) mass is 457 g/mol. The molecule has 1 N–H and O–H groups in total. The number of pyridine rings is 2. The summed E-state index contributed by atoms with van der Waals surface area (Å²) in [6.45, 7) is 3.29. The Morgan fingerprint density at radius 3 is 2.71 bits per heavy atom. The number of thiazole rings is 1. The topological polar surface area (TPSA) is 88.1 Å². The Labute approximate surface area is 187 Å². The molecule has 0 radical (unpaired) electrons. The van der Waals surface area contributed by atoms with E-state index in [-0.39, 0.29) is 0 Å². The highest BCUT2D eigenvalue weighted by atomic mass is 32.2. The van der Waals surface area contributed by atoms with E-state index < -0.39 is 10.0 Å². The molecule has 1 fully saturated rings. The maximum Gasteiger partial charge on any atom is 0.211 e. The molecule has 0 aromatic carbocycles. The number of hydrogen-bond donors (Lipinski definition) is 1. The van der Waals surface area contributed by atoms with Gasteiger partial charge in [-0.3, -0.25) is 0 Å². The third kappa shape index (κ3) is 5.87. The molecular formula is C22H27N5O2S2. The number of nitrogens with one attached hydrogen (secondary N) is 1. The fourth-order valence-corrected chi connectivity index (χ4v) is 5.56. The molecule has 0 atom stereocenters. The van der Waals surface area contributed by atoms with Gasteiger partial charge in [0.2, 0.25) is 10.0 Å². The van der Waals surface area contributed by atoms with E-state index in [1.807, 2.05) is 43.5 Å². The summed E-state index contributed by atoms with van der Waals surface area (Å²) >= 11 is 1.67. The van der Waals surface area contributed by atoms with Crippen molar-refractivity contribution in [2.75, 3.05) is 24.7 Å². The molecule has 4 heterocycles. The Kier molecular flexibility index (Phi) is 6.64. The van der Waals surface area contributed by atoms with Gasteiger partial charge in [0.1, 0.15) is 11.6 Å². The third-order valence-electron chi connectivity index (χ3n) is 5.54. The summed E-state index contributed by atoms with van der Waals surface area (Å²) in [5.74, 6) is 2.08. The van der Waals surface area contributed by atoms with Crippen molar-refractivity contribution < 1.29 is 8.42 Å². The molecule has 0 saturated carbocycles. The van der Waals surface area contributed by atoms with Gasteiger partial charge in [0.15, 0.2) is 0 Å². The Morgan fingerprint density at radius 1 is 1.16 bits per heavy atom. The molecule has 3 aromatic rings. The minimum Gasteiger partial charge on any atom is -0.325 e. The highest BCUT2D eigenvalue weighted by molar-refractivity contribution is 7.88. The van der Waals surface area contributed by atoms with Crippen LogP contribution in [0, 0.1) is 12.8 Å². The van der Waals surface area contributed by atoms with Gasteiger partial charge in [-0.15, -0.1) is 11.3 Å². The summed E-state index contributed by atoms with van der Waals surface area (Å²) in [6, 6.07) is 9.85. The lowest BCUT2D eigenvalue weighted by atomic mass is 9.93. The van der Waals surface area contributed by atoms with Crippen molar-refractivity contribution in [3.8, 4) is 10.6 Å². The van der Waals surface area contributed by atoms with Crippen LogP contribution in [0.4, 0.5) is 11.6 Å². The molecule has 0 unspecified atom stereocenters. The molecule has 1 aliphatic rings. The number of aromatic nitrogens is 3. The SMILES string of the molecule is Cc1ccnc(Nc2cccc(-c3cnc(CCC4CCN(S(C)(=O)=O)CC4)s3)n2)c1. The van der Waals surface area contributed by atoms with Crippen molar-refractivity contribution >= 4 is 33.0 Å². The van der Waals surface area contributed by atoms with Gasteiger partial charge in [0.25, 0.3) is 0 Å². The van der Waals surface area contributed by atoms with Crippen molar-refractivity contribution in [3.63, 3.8) is 0 Å². The molecule has 0 amide bonds. The molecule has 1 aliphatic heterocycles. The van der Waals surface area contributed by atoms with Gasteiger partial charge in [-0.25, -0.2) is 27.7 Å². The summed E-state index contributed by atoms with van der Waals surface area (Å²) in [5, 5.41) is 4.36. The first-order valence-electron chi connectivity index (χ1n) is 10.4. The zero-order valence-corrected chi connectivity index (χ0v) is 19.4. The van der Waals surface area contributed by atoms with Crippen LogP contribution in [0.1, 0.15) is 29.8 Å². The van der Waals surface area contributed by atoms with Gasteiger partial charge < -0.3 is 5.32 Å². The summed E-state index contributed by atoms with van der Waals surface area (Å²) in [5.41, 5.74) is 2.03. The van der Waals surface area contributed by atoms with Crippen LogP contribution in [0.15, 0.2) is 42.7 Å². The molecule has 4 rings (SSSR count). The van der Waals surface area contributed by atoms with E-state index in [9.17, 15) is 8.42 Å². The highest BCUT2D eigenvalue weighted by Crippen LogP contribution is 2.29. The molecule has 0 spiro atoms. The zero-order valence-electron chi connectivity index (χ0n) is 17.8. The number of aryl methyl sites for hydroxylation is 2. The molecule has 31 heavy (non-hydrogen) atoms. The number of rotatable bonds is 7. The van der Waals surface area contributed by atoms with Crippen molar-refractivity contribution in [1.82, 2.24) is 19.3 Å². The van der Waals surface area contributed by atoms with Gasteiger partial charge in [0.05, 0.1) is 21.8 Å². The van der Waals surface area contributed by atoms with Gasteiger partial charge in [-0.05, 0) is 68.4 Å². The lowest BCUT2D eigenvalue weighted by molar-refractivity contribution is 0.265. The van der Waals surface area contributed by atoms with E-state index in [2.05, 4.69) is 15.3 Å². The van der Waals surface area contributed by atoms with Gasteiger partial charge >= 0.3 is 0 Å². The maximum absolute atomic E-state index is 11.7. The summed E-state index contributed by atoms with van der Waals surface area (Å²) in [7, 11) is -3.06. The van der Waals surface area contributed by atoms with Crippen LogP contribution in [0.25, 0.3) is 10.6 Å². The average molecular weight is 458 g/mol. The largest absolute Gasteiger partial charge is 0.325 e. The van der Waals surface area contributed by atoms with E-state index >= 15 is 0 Å². The molecule has 0 bridgehead atoms. The number of piperidine rings is 1. The molecule has 1 saturated heterocycles. The Balaban J connectivity index is 1.35. The van der Waals surface area contributed by atoms with Gasteiger partial charge in [-0.1, -0.05) is 6.07 Å². The molecule has 7 nitrogen and oxygen atoms in total. The molecular weight excluding hydrogens is 430 g/mol. The van der Waals surface area contributed by atoms with E-state index in [1.54, 1.807) is 21.8 Å². The van der Waals surface area contributed by atoms with Crippen LogP contribution < -0.4 is 5.32 Å². The van der Waals surface area contributed by atoms with Crippen LogP contribution in [0.2, 0.25) is 0 Å². The number of anilines is 2. The quantitative estimate of drug-likeness (QED) is 0.570. The lowest BCUT2D eigenvalue weighted by Gasteiger charge is -2.30. The Hall–Kier alpha value is -2.36. The second-order valence-electron chi connectivity index (χ2n) is 8.01. The first-order chi connectivity index (χ1) is 14.9. The van der Waals surface area contributed by atoms with Crippen molar-refractivity contribution in [2.24, 2.45) is 5.92 Å². The molecule has 0 aliphatic carbocycles. The van der Waals surface area contributed by atoms with Crippen LogP contribution >= 0.6 is 11.3 Å². The zero-order chi connectivity index (χ0) is 21.8. The first-order valence-corrected chi connectivity index (χ1v) is 13.1.